The Kier molecular flexibility index (Phi) is 18.5. The van der Waals surface area contributed by atoms with Crippen LogP contribution in [0.2, 0.25) is 0 Å². The van der Waals surface area contributed by atoms with Gasteiger partial charge in [0, 0.05) is 12.8 Å². The Hall–Kier alpha value is -2.66. The topological polar surface area (TPSA) is 44.6 Å². The molecule has 1 aromatic carbocycles. The van der Waals surface area contributed by atoms with Crippen molar-refractivity contribution in [1.82, 2.24) is 9.97 Å². The fourth-order valence-electron chi connectivity index (χ4n) is 2.82. The van der Waals surface area contributed by atoms with Crippen molar-refractivity contribution in [2.75, 3.05) is 16.8 Å². The van der Waals surface area contributed by atoms with Crippen LogP contribution in [-0.4, -0.2) is 22.7 Å². The van der Waals surface area contributed by atoms with Gasteiger partial charge in [0.25, 0.3) is 0 Å². The summed E-state index contributed by atoms with van der Waals surface area (Å²) in [7, 11) is 1.98. The number of hydrogen-bond donors (Lipinski definition) is 0. The second-order valence-electron chi connectivity index (χ2n) is 6.19. The lowest BCUT2D eigenvalue weighted by molar-refractivity contribution is 0.894. The maximum Gasteiger partial charge on any atom is 0.162 e. The molecule has 1 aliphatic heterocycles. The first-order chi connectivity index (χ1) is 16.4. The maximum absolute atomic E-state index is 5.99. The Morgan fingerprint density at radius 1 is 1.03 bits per heavy atom. The van der Waals surface area contributed by atoms with Crippen LogP contribution in [0.5, 0.6) is 0 Å². The number of nitrogens with zero attached hydrogens (tertiary/aromatic N) is 5. The van der Waals surface area contributed by atoms with Gasteiger partial charge < -0.3 is 9.80 Å². The molecule has 2 aromatic rings. The number of rotatable bonds is 4. The molecule has 0 bridgehead atoms. The second kappa shape index (κ2) is 18.7. The van der Waals surface area contributed by atoms with E-state index in [0.29, 0.717) is 11.7 Å². The predicted octanol–water partition coefficient (Wildman–Crippen LogP) is 8.73. The van der Waals surface area contributed by atoms with E-state index >= 15 is 0 Å². The van der Waals surface area contributed by atoms with Gasteiger partial charge in [-0.3, -0.25) is 0 Å². The lowest BCUT2D eigenvalue weighted by Gasteiger charge is -2.21. The van der Waals surface area contributed by atoms with Crippen molar-refractivity contribution >= 4 is 28.8 Å². The van der Waals surface area contributed by atoms with Gasteiger partial charge in [0.05, 0.1) is 12.7 Å². The van der Waals surface area contributed by atoms with Gasteiger partial charge in [-0.2, -0.15) is 0 Å². The van der Waals surface area contributed by atoms with Crippen molar-refractivity contribution in [3.8, 4) is 0 Å². The van der Waals surface area contributed by atoms with Crippen LogP contribution >= 0.6 is 11.6 Å². The third kappa shape index (κ3) is 9.30. The van der Waals surface area contributed by atoms with Gasteiger partial charge in [-0.05, 0) is 31.9 Å². The third-order valence-electron chi connectivity index (χ3n) is 4.41. The number of benzene rings is 1. The SMILES string of the molecule is C=C1N(C)c2cnc(C)nc2N1Cc1ccc(/C(C)=N/C(Cl)=C\C)cc1.CC.CC.CC.CC. The van der Waals surface area contributed by atoms with Crippen molar-refractivity contribution < 1.29 is 0 Å². The van der Waals surface area contributed by atoms with E-state index in [2.05, 4.69) is 50.7 Å². The summed E-state index contributed by atoms with van der Waals surface area (Å²) in [6, 6.07) is 8.31. The van der Waals surface area contributed by atoms with Crippen LogP contribution < -0.4 is 9.80 Å². The summed E-state index contributed by atoms with van der Waals surface area (Å²) < 4.78 is 0. The highest BCUT2D eigenvalue weighted by atomic mass is 35.5. The quantitative estimate of drug-likeness (QED) is 0.319. The van der Waals surface area contributed by atoms with E-state index in [1.165, 1.54) is 0 Å². The van der Waals surface area contributed by atoms with Gasteiger partial charge in [0.2, 0.25) is 0 Å². The lowest BCUT2D eigenvalue weighted by atomic mass is 10.1. The summed E-state index contributed by atoms with van der Waals surface area (Å²) >= 11 is 5.99. The van der Waals surface area contributed by atoms with E-state index < -0.39 is 0 Å². The fourth-order valence-corrected chi connectivity index (χ4v) is 2.95. The molecule has 5 nitrogen and oxygen atoms in total. The van der Waals surface area contributed by atoms with E-state index in [1.54, 1.807) is 6.08 Å². The van der Waals surface area contributed by atoms with E-state index in [4.69, 9.17) is 11.6 Å². The Bertz CT molecular complexity index is 902. The smallest absolute Gasteiger partial charge is 0.162 e. The normalized spacial score (nSPS) is 12.1. The molecule has 6 heteroatoms. The second-order valence-corrected chi connectivity index (χ2v) is 6.58. The number of aromatic nitrogens is 2. The zero-order chi connectivity index (χ0) is 26.8. The average molecular weight is 488 g/mol. The number of hydrogen-bond acceptors (Lipinski definition) is 5. The van der Waals surface area contributed by atoms with Gasteiger partial charge in [-0.25, -0.2) is 15.0 Å². The van der Waals surface area contributed by atoms with Gasteiger partial charge in [-0.1, -0.05) is 104 Å². The van der Waals surface area contributed by atoms with Crippen LogP contribution in [0, 0.1) is 6.92 Å². The number of aryl methyl sites for hydroxylation is 1. The molecule has 0 fully saturated rings. The molecular formula is C28H46ClN5. The van der Waals surface area contributed by atoms with E-state index in [1.807, 2.05) is 94.3 Å². The first-order valence-corrected chi connectivity index (χ1v) is 12.8. The molecule has 0 saturated carbocycles. The van der Waals surface area contributed by atoms with Crippen LogP contribution in [0.1, 0.15) is 86.2 Å². The molecule has 0 unspecified atom stereocenters. The standard InChI is InChI=1S/C20H22ClN5.4C2H6/c1-6-19(21)23-13(2)17-9-7-16(8-10-17)12-26-15(4)25(5)18-11-22-14(3)24-20(18)26;4*1-2/h6-11H,4,12H2,1-3,5H3;4*1-2H3/b19-6-,23-13+;;;;. The number of allylic oxidation sites excluding steroid dienone is 1. The minimum atomic E-state index is 0.495. The number of aliphatic imine (C=N–C) groups is 1. The average Bonchev–Trinajstić information content (AvgIpc) is 3.13. The van der Waals surface area contributed by atoms with Crippen molar-refractivity contribution in [2.24, 2.45) is 4.99 Å². The number of halogens is 1. The first-order valence-electron chi connectivity index (χ1n) is 12.4. The Balaban J connectivity index is 0. The fraction of sp³-hybridized carbons (Fsp3) is 0.464. The molecule has 34 heavy (non-hydrogen) atoms. The van der Waals surface area contributed by atoms with Gasteiger partial charge >= 0.3 is 0 Å². The van der Waals surface area contributed by atoms with Crippen LogP contribution in [0.15, 0.2) is 59.1 Å². The molecule has 1 aromatic heterocycles. The molecule has 0 radical (unpaired) electrons. The van der Waals surface area contributed by atoms with Gasteiger partial charge in [0.1, 0.15) is 22.5 Å². The van der Waals surface area contributed by atoms with Crippen LogP contribution in [-0.2, 0) is 6.54 Å². The Morgan fingerprint density at radius 2 is 1.56 bits per heavy atom. The predicted molar refractivity (Wildman–Crippen MR) is 154 cm³/mol. The van der Waals surface area contributed by atoms with E-state index in [-0.39, 0.29) is 0 Å². The van der Waals surface area contributed by atoms with E-state index in [0.717, 1.165) is 40.0 Å². The van der Waals surface area contributed by atoms with Crippen molar-refractivity contribution in [3.63, 3.8) is 0 Å². The van der Waals surface area contributed by atoms with Crippen LogP contribution in [0.4, 0.5) is 11.5 Å². The van der Waals surface area contributed by atoms with Crippen molar-refractivity contribution in [3.05, 3.63) is 71.0 Å². The monoisotopic (exact) mass is 487 g/mol. The lowest BCUT2D eigenvalue weighted by Crippen LogP contribution is -2.24. The zero-order valence-electron chi connectivity index (χ0n) is 23.5. The molecule has 2 heterocycles. The highest BCUT2D eigenvalue weighted by Crippen LogP contribution is 2.38. The minimum absolute atomic E-state index is 0.495. The van der Waals surface area contributed by atoms with Crippen molar-refractivity contribution in [1.29, 1.82) is 0 Å². The highest BCUT2D eigenvalue weighted by molar-refractivity contribution is 6.30. The van der Waals surface area contributed by atoms with Crippen LogP contribution in [0.3, 0.4) is 0 Å². The molecule has 1 aliphatic rings. The molecule has 0 spiro atoms. The molecule has 0 N–H and O–H groups in total. The Labute approximate surface area is 214 Å². The highest BCUT2D eigenvalue weighted by Gasteiger charge is 2.29. The Morgan fingerprint density at radius 3 is 2.06 bits per heavy atom. The summed E-state index contributed by atoms with van der Waals surface area (Å²) in [6.45, 7) is 26.6. The maximum atomic E-state index is 5.99. The molecule has 0 saturated heterocycles. The molecule has 0 aliphatic carbocycles. The summed E-state index contributed by atoms with van der Waals surface area (Å²) in [4.78, 5) is 17.4. The number of fused-ring (bicyclic) bond motifs is 1. The number of anilines is 2. The molecule has 0 atom stereocenters. The third-order valence-corrected chi connectivity index (χ3v) is 4.71. The van der Waals surface area contributed by atoms with Crippen LogP contribution in [0.25, 0.3) is 0 Å². The first kappa shape index (κ1) is 33.5. The summed E-state index contributed by atoms with van der Waals surface area (Å²) in [5, 5.41) is 0.495. The summed E-state index contributed by atoms with van der Waals surface area (Å²) in [5.41, 5.74) is 4.07. The zero-order valence-corrected chi connectivity index (χ0v) is 24.2. The van der Waals surface area contributed by atoms with E-state index in [9.17, 15) is 0 Å². The summed E-state index contributed by atoms with van der Waals surface area (Å²) in [6.07, 6.45) is 3.62. The van der Waals surface area contributed by atoms with Gasteiger partial charge in [-0.15, -0.1) is 0 Å². The molecule has 190 valence electrons. The molecular weight excluding hydrogens is 442 g/mol. The van der Waals surface area contributed by atoms with Gasteiger partial charge in [0.15, 0.2) is 5.82 Å². The minimum Gasteiger partial charge on any atom is -0.327 e. The molecule has 3 rings (SSSR count). The largest absolute Gasteiger partial charge is 0.327 e. The van der Waals surface area contributed by atoms with Crippen molar-refractivity contribution in [2.45, 2.75) is 82.7 Å². The summed E-state index contributed by atoms with van der Waals surface area (Å²) in [5.74, 6) is 2.54. The molecule has 0 amide bonds.